The van der Waals surface area contributed by atoms with E-state index in [1.165, 1.54) is 0 Å². The van der Waals surface area contributed by atoms with Gasteiger partial charge in [0.25, 0.3) is 0 Å². The lowest BCUT2D eigenvalue weighted by Gasteiger charge is -2.27. The molecule has 0 amide bonds. The van der Waals surface area contributed by atoms with Crippen LogP contribution in [0.15, 0.2) is 30.3 Å². The van der Waals surface area contributed by atoms with Crippen molar-refractivity contribution in [2.75, 3.05) is 33.4 Å². The van der Waals surface area contributed by atoms with Crippen LogP contribution in [0.4, 0.5) is 0 Å². The van der Waals surface area contributed by atoms with Gasteiger partial charge in [0.1, 0.15) is 6.61 Å². The molecule has 0 aliphatic carbocycles. The minimum Gasteiger partial charge on any atom is -0.352 e. The van der Waals surface area contributed by atoms with E-state index in [-0.39, 0.29) is 12.2 Å². The Morgan fingerprint density at radius 2 is 1.64 bits per heavy atom. The van der Waals surface area contributed by atoms with Crippen molar-refractivity contribution in [1.29, 1.82) is 0 Å². The first kappa shape index (κ1) is 19.2. The highest BCUT2D eigenvalue weighted by Crippen LogP contribution is 2.32. The maximum Gasteiger partial charge on any atom is 0.615 e. The SMILES string of the molecule is CCOC(OCC)C(CN(C)[P+](=O)OCC)c1ccccc1. The van der Waals surface area contributed by atoms with E-state index in [4.69, 9.17) is 14.0 Å². The molecule has 22 heavy (non-hydrogen) atoms. The second-order valence-electron chi connectivity index (χ2n) is 4.79. The summed E-state index contributed by atoms with van der Waals surface area (Å²) >= 11 is 0. The molecule has 0 aromatic heterocycles. The first-order valence-electron chi connectivity index (χ1n) is 7.73. The molecule has 1 rings (SSSR count). The van der Waals surface area contributed by atoms with Crippen LogP contribution in [0.1, 0.15) is 32.3 Å². The Morgan fingerprint density at radius 3 is 2.14 bits per heavy atom. The first-order valence-corrected chi connectivity index (χ1v) is 8.86. The molecule has 1 aromatic carbocycles. The van der Waals surface area contributed by atoms with E-state index >= 15 is 0 Å². The minimum absolute atomic E-state index is 0.0366. The Labute approximate surface area is 134 Å². The lowest BCUT2D eigenvalue weighted by atomic mass is 9.98. The molecular weight excluding hydrogens is 301 g/mol. The van der Waals surface area contributed by atoms with Gasteiger partial charge in [-0.2, -0.15) is 0 Å². The third-order valence-electron chi connectivity index (χ3n) is 3.20. The summed E-state index contributed by atoms with van der Waals surface area (Å²) in [6.07, 6.45) is -0.370. The van der Waals surface area contributed by atoms with Gasteiger partial charge in [-0.05, 0) is 30.9 Å². The van der Waals surface area contributed by atoms with Crippen molar-refractivity contribution < 1.29 is 18.6 Å². The summed E-state index contributed by atoms with van der Waals surface area (Å²) in [5, 5.41) is 0. The number of ether oxygens (including phenoxy) is 2. The zero-order valence-corrected chi connectivity index (χ0v) is 14.8. The normalized spacial score (nSPS) is 13.6. The average Bonchev–Trinajstić information content (AvgIpc) is 2.53. The summed E-state index contributed by atoms with van der Waals surface area (Å²) in [4.78, 5) is 0. The van der Waals surface area contributed by atoms with Crippen molar-refractivity contribution in [3.63, 3.8) is 0 Å². The van der Waals surface area contributed by atoms with Crippen molar-refractivity contribution in [3.05, 3.63) is 35.9 Å². The van der Waals surface area contributed by atoms with E-state index in [9.17, 15) is 4.57 Å². The van der Waals surface area contributed by atoms with Crippen LogP contribution in [0.2, 0.25) is 0 Å². The topological polar surface area (TPSA) is 48.0 Å². The third kappa shape index (κ3) is 6.11. The summed E-state index contributed by atoms with van der Waals surface area (Å²) in [5.41, 5.74) is 1.10. The number of hydrogen-bond donors (Lipinski definition) is 0. The van der Waals surface area contributed by atoms with Gasteiger partial charge in [-0.1, -0.05) is 35.0 Å². The lowest BCUT2D eigenvalue weighted by molar-refractivity contribution is -0.151. The van der Waals surface area contributed by atoms with Crippen LogP contribution in [-0.2, 0) is 18.6 Å². The Balaban J connectivity index is 2.92. The Kier molecular flexibility index (Phi) is 9.44. The molecule has 0 spiro atoms. The second kappa shape index (κ2) is 10.8. The van der Waals surface area contributed by atoms with Gasteiger partial charge in [-0.25, -0.2) is 0 Å². The van der Waals surface area contributed by atoms with E-state index in [1.807, 2.05) is 51.1 Å². The molecule has 0 aliphatic rings. The predicted molar refractivity (Wildman–Crippen MR) is 88.1 cm³/mol. The van der Waals surface area contributed by atoms with Gasteiger partial charge in [0, 0.05) is 20.3 Å². The van der Waals surface area contributed by atoms with Crippen LogP contribution in [0.3, 0.4) is 0 Å². The summed E-state index contributed by atoms with van der Waals surface area (Å²) in [6, 6.07) is 10.0. The highest BCUT2D eigenvalue weighted by molar-refractivity contribution is 7.36. The van der Waals surface area contributed by atoms with Crippen LogP contribution in [0.5, 0.6) is 0 Å². The molecule has 0 aliphatic heterocycles. The van der Waals surface area contributed by atoms with Crippen LogP contribution in [0, 0.1) is 0 Å². The van der Waals surface area contributed by atoms with Crippen molar-refractivity contribution >= 4 is 8.18 Å². The molecule has 0 radical (unpaired) electrons. The van der Waals surface area contributed by atoms with Gasteiger partial charge in [-0.3, -0.25) is 0 Å². The molecule has 1 aromatic rings. The molecule has 2 unspecified atom stereocenters. The average molecular weight is 328 g/mol. The molecule has 124 valence electrons. The number of nitrogens with zero attached hydrogens (tertiary/aromatic N) is 1. The maximum atomic E-state index is 12.0. The van der Waals surface area contributed by atoms with E-state index in [2.05, 4.69) is 0 Å². The van der Waals surface area contributed by atoms with Crippen molar-refractivity contribution in [2.45, 2.75) is 33.0 Å². The third-order valence-corrected chi connectivity index (χ3v) is 4.40. The second-order valence-corrected chi connectivity index (χ2v) is 6.21. The molecule has 0 N–H and O–H groups in total. The molecule has 0 bridgehead atoms. The van der Waals surface area contributed by atoms with Gasteiger partial charge in [0.2, 0.25) is 0 Å². The van der Waals surface area contributed by atoms with E-state index in [0.717, 1.165) is 5.56 Å². The molecule has 0 fully saturated rings. The van der Waals surface area contributed by atoms with Crippen LogP contribution in [0.25, 0.3) is 0 Å². The van der Waals surface area contributed by atoms with Gasteiger partial charge in [0.05, 0.1) is 12.5 Å². The highest BCUT2D eigenvalue weighted by Gasteiger charge is 2.33. The Hall–Kier alpha value is -0.840. The first-order chi connectivity index (χ1) is 10.6. The zero-order valence-electron chi connectivity index (χ0n) is 13.9. The van der Waals surface area contributed by atoms with Crippen LogP contribution in [-0.4, -0.2) is 44.4 Å². The van der Waals surface area contributed by atoms with E-state index < -0.39 is 8.18 Å². The zero-order chi connectivity index (χ0) is 16.4. The van der Waals surface area contributed by atoms with Gasteiger partial charge in [-0.15, -0.1) is 4.52 Å². The predicted octanol–water partition coefficient (Wildman–Crippen LogP) is 3.80. The lowest BCUT2D eigenvalue weighted by Crippen LogP contribution is -2.32. The summed E-state index contributed by atoms with van der Waals surface area (Å²) < 4.78 is 30.4. The van der Waals surface area contributed by atoms with Crippen molar-refractivity contribution in [2.24, 2.45) is 0 Å². The minimum atomic E-state index is -1.84. The smallest absolute Gasteiger partial charge is 0.352 e. The van der Waals surface area contributed by atoms with Crippen molar-refractivity contribution in [1.82, 2.24) is 4.67 Å². The number of rotatable bonds is 11. The fourth-order valence-corrected chi connectivity index (χ4v) is 2.95. The fourth-order valence-electron chi connectivity index (χ4n) is 2.22. The maximum absolute atomic E-state index is 12.0. The largest absolute Gasteiger partial charge is 0.615 e. The molecule has 5 nitrogen and oxygen atoms in total. The van der Waals surface area contributed by atoms with Gasteiger partial charge < -0.3 is 9.47 Å². The molecule has 6 heteroatoms. The number of benzene rings is 1. The highest BCUT2D eigenvalue weighted by atomic mass is 31.1. The Bertz CT molecular complexity index is 423. The quantitative estimate of drug-likeness (QED) is 0.457. The summed E-state index contributed by atoms with van der Waals surface area (Å²) in [6.45, 7) is 7.81. The number of hydrogen-bond acceptors (Lipinski definition) is 4. The summed E-state index contributed by atoms with van der Waals surface area (Å²) in [5.74, 6) is -0.0366. The standard InChI is InChI=1S/C16H27NO4P/c1-5-19-16(20-6-2)15(14-11-9-8-10-12-14)13-17(4)22(18)21-7-3/h8-12,15-16H,5-7,13H2,1-4H3/q+1. The molecule has 0 saturated carbocycles. The van der Waals surface area contributed by atoms with E-state index in [0.29, 0.717) is 26.4 Å². The Morgan fingerprint density at radius 1 is 1.05 bits per heavy atom. The van der Waals surface area contributed by atoms with Crippen molar-refractivity contribution in [3.8, 4) is 0 Å². The number of likely N-dealkylation sites (N-methyl/N-ethyl adjacent to an activating group) is 1. The van der Waals surface area contributed by atoms with Crippen LogP contribution >= 0.6 is 8.18 Å². The molecule has 0 heterocycles. The van der Waals surface area contributed by atoms with Gasteiger partial charge >= 0.3 is 8.18 Å². The monoisotopic (exact) mass is 328 g/mol. The molecular formula is C16H27NO4P+. The molecule has 0 saturated heterocycles. The summed E-state index contributed by atoms with van der Waals surface area (Å²) in [7, 11) is -0.0449. The van der Waals surface area contributed by atoms with Crippen LogP contribution < -0.4 is 0 Å². The van der Waals surface area contributed by atoms with Gasteiger partial charge in [0.15, 0.2) is 6.29 Å². The van der Waals surface area contributed by atoms with E-state index in [1.54, 1.807) is 11.7 Å². The fraction of sp³-hybridized carbons (Fsp3) is 0.625. The molecule has 2 atom stereocenters.